The van der Waals surface area contributed by atoms with E-state index in [9.17, 15) is 5.21 Å². The molecule has 0 amide bonds. The maximum atomic E-state index is 13.3. The van der Waals surface area contributed by atoms with Crippen LogP contribution in [0, 0.1) is 11.1 Å². The summed E-state index contributed by atoms with van der Waals surface area (Å²) in [6.45, 7) is 2.24. The Balaban J connectivity index is 1.47. The van der Waals surface area contributed by atoms with Gasteiger partial charge in [-0.15, -0.1) is 0 Å². The Morgan fingerprint density at radius 1 is 1.19 bits per heavy atom. The van der Waals surface area contributed by atoms with E-state index in [0.717, 1.165) is 37.4 Å². The number of piperidine rings is 1. The molecule has 1 saturated carbocycles. The van der Waals surface area contributed by atoms with Gasteiger partial charge in [0.1, 0.15) is 0 Å². The lowest BCUT2D eigenvalue weighted by atomic mass is 9.96. The van der Waals surface area contributed by atoms with E-state index in [1.807, 2.05) is 18.4 Å². The molecule has 1 aliphatic heterocycles. The van der Waals surface area contributed by atoms with Gasteiger partial charge in [0.2, 0.25) is 0 Å². The average molecular weight is 403 g/mol. The van der Waals surface area contributed by atoms with Crippen molar-refractivity contribution in [1.29, 1.82) is 0 Å². The molecule has 1 heterocycles. The van der Waals surface area contributed by atoms with E-state index < -0.39 is 0 Å². The molecule has 0 radical (unpaired) electrons. The van der Waals surface area contributed by atoms with Gasteiger partial charge in [-0.25, -0.2) is 0 Å². The van der Waals surface area contributed by atoms with Gasteiger partial charge in [0.05, 0.1) is 25.7 Å². The summed E-state index contributed by atoms with van der Waals surface area (Å²) in [6, 6.07) is 17.1. The van der Waals surface area contributed by atoms with E-state index in [2.05, 4.69) is 41.1 Å². The van der Waals surface area contributed by atoms with Crippen LogP contribution in [0.15, 0.2) is 48.5 Å². The minimum atomic E-state index is -0.0253. The van der Waals surface area contributed by atoms with Crippen LogP contribution in [0.1, 0.15) is 30.7 Å². The molecule has 2 fully saturated rings. The van der Waals surface area contributed by atoms with Gasteiger partial charge in [0.25, 0.3) is 0 Å². The number of hydrogen-bond donors (Lipinski definition) is 1. The molecular weight excluding hydrogens is 376 g/mol. The number of rotatable bonds is 6. The predicted octanol–water partition coefficient (Wildman–Crippen LogP) is 5.46. The molecule has 0 spiro atoms. The Labute approximate surface area is 171 Å². The molecule has 1 saturated heterocycles. The number of quaternary nitrogens is 1. The molecule has 0 aromatic heterocycles. The van der Waals surface area contributed by atoms with Crippen molar-refractivity contribution in [2.45, 2.75) is 31.2 Å². The van der Waals surface area contributed by atoms with E-state index in [4.69, 9.17) is 11.6 Å². The molecule has 4 unspecified atom stereocenters. The van der Waals surface area contributed by atoms with Crippen LogP contribution in [-0.4, -0.2) is 36.6 Å². The van der Waals surface area contributed by atoms with Crippen LogP contribution in [0.25, 0.3) is 11.1 Å². The van der Waals surface area contributed by atoms with Crippen LogP contribution in [0.4, 0.5) is 0 Å². The molecule has 4 atom stereocenters. The minimum absolute atomic E-state index is 0.0253. The summed E-state index contributed by atoms with van der Waals surface area (Å²) in [7, 11) is 0. The second-order valence-electron chi connectivity index (χ2n) is 8.00. The van der Waals surface area contributed by atoms with Gasteiger partial charge >= 0.3 is 0 Å². The number of likely N-dealkylation sites (tertiary alicyclic amines) is 1. The van der Waals surface area contributed by atoms with Crippen molar-refractivity contribution >= 4 is 23.5 Å². The maximum Gasteiger partial charge on any atom is 0.0948 e. The summed E-state index contributed by atoms with van der Waals surface area (Å²) >= 11 is 7.68. The molecule has 2 aromatic carbocycles. The molecule has 144 valence electrons. The van der Waals surface area contributed by atoms with E-state index in [1.54, 1.807) is 11.9 Å². The lowest BCUT2D eigenvalue weighted by Crippen LogP contribution is -2.55. The molecule has 2 aliphatic rings. The number of benzene rings is 2. The van der Waals surface area contributed by atoms with E-state index in [-0.39, 0.29) is 4.65 Å². The molecule has 1 N–H and O–H groups in total. The predicted molar refractivity (Wildman–Crippen MR) is 116 cm³/mol. The van der Waals surface area contributed by atoms with Gasteiger partial charge in [0, 0.05) is 10.9 Å². The van der Waals surface area contributed by atoms with Crippen molar-refractivity contribution in [3.8, 4) is 11.1 Å². The summed E-state index contributed by atoms with van der Waals surface area (Å²) in [5.41, 5.74) is 3.86. The van der Waals surface area contributed by atoms with Gasteiger partial charge in [-0.2, -0.15) is 0 Å². The molecule has 1 aliphatic carbocycles. The number of nitrogens with zero attached hydrogens (tertiary/aromatic N) is 1. The summed E-state index contributed by atoms with van der Waals surface area (Å²) in [5.74, 6) is 1.01. The van der Waals surface area contributed by atoms with E-state index in [0.29, 0.717) is 24.4 Å². The van der Waals surface area contributed by atoms with Crippen LogP contribution >= 0.6 is 23.5 Å². The minimum Gasteiger partial charge on any atom is -0.633 e. The number of hydroxylamine groups is 3. The van der Waals surface area contributed by atoms with E-state index in [1.165, 1.54) is 16.7 Å². The first-order chi connectivity index (χ1) is 13.1. The van der Waals surface area contributed by atoms with Gasteiger partial charge in [0.15, 0.2) is 0 Å². The van der Waals surface area contributed by atoms with Gasteiger partial charge in [-0.1, -0.05) is 59.9 Å². The zero-order chi connectivity index (χ0) is 18.9. The Kier molecular flexibility index (Phi) is 5.81. The van der Waals surface area contributed by atoms with Crippen molar-refractivity contribution < 1.29 is 4.65 Å². The van der Waals surface area contributed by atoms with Gasteiger partial charge < -0.3 is 9.85 Å². The van der Waals surface area contributed by atoms with Crippen molar-refractivity contribution in [1.82, 2.24) is 4.72 Å². The summed E-state index contributed by atoms with van der Waals surface area (Å²) in [5, 5.41) is 14.1. The summed E-state index contributed by atoms with van der Waals surface area (Å²) in [6.07, 6.45) is 5.32. The Bertz CT molecular complexity index is 782. The van der Waals surface area contributed by atoms with Gasteiger partial charge in [-0.3, -0.25) is 4.72 Å². The summed E-state index contributed by atoms with van der Waals surface area (Å²) < 4.78 is 3.38. The van der Waals surface area contributed by atoms with Crippen molar-refractivity contribution in [2.75, 3.05) is 25.9 Å². The number of nitrogens with one attached hydrogen (secondary N) is 1. The first kappa shape index (κ1) is 19.3. The SMILES string of the molecule is CSNC1CCC[N+]([O-])(CC2CC2c2ccccc2-c2ccc(Cl)cc2)C1. The second kappa shape index (κ2) is 8.14. The highest BCUT2D eigenvalue weighted by atomic mass is 35.5. The first-order valence-electron chi connectivity index (χ1n) is 9.78. The third-order valence-corrected chi connectivity index (χ3v) is 6.78. The van der Waals surface area contributed by atoms with Crippen molar-refractivity contribution in [2.24, 2.45) is 5.92 Å². The molecule has 27 heavy (non-hydrogen) atoms. The molecular formula is C22H27ClN2OS. The topological polar surface area (TPSA) is 35.1 Å². The smallest absolute Gasteiger partial charge is 0.0948 e. The molecule has 4 rings (SSSR count). The van der Waals surface area contributed by atoms with Crippen LogP contribution in [-0.2, 0) is 0 Å². The lowest BCUT2D eigenvalue weighted by Gasteiger charge is -2.48. The first-order valence-corrected chi connectivity index (χ1v) is 11.4. The monoisotopic (exact) mass is 402 g/mol. The highest BCUT2D eigenvalue weighted by Gasteiger charge is 2.44. The third-order valence-electron chi connectivity index (χ3n) is 5.96. The van der Waals surface area contributed by atoms with Crippen LogP contribution in [0.3, 0.4) is 0 Å². The molecule has 0 bridgehead atoms. The fourth-order valence-electron chi connectivity index (χ4n) is 4.61. The Hall–Kier alpha value is -1.04. The Morgan fingerprint density at radius 2 is 1.96 bits per heavy atom. The zero-order valence-corrected chi connectivity index (χ0v) is 17.3. The Morgan fingerprint density at radius 3 is 2.74 bits per heavy atom. The molecule has 2 aromatic rings. The number of hydrogen-bond acceptors (Lipinski definition) is 3. The van der Waals surface area contributed by atoms with Crippen LogP contribution in [0.2, 0.25) is 5.02 Å². The quantitative estimate of drug-likeness (QED) is 0.396. The largest absolute Gasteiger partial charge is 0.633 e. The highest BCUT2D eigenvalue weighted by molar-refractivity contribution is 7.96. The third kappa shape index (κ3) is 4.52. The van der Waals surface area contributed by atoms with Gasteiger partial charge in [-0.05, 0) is 60.3 Å². The fraction of sp³-hybridized carbons (Fsp3) is 0.455. The zero-order valence-electron chi connectivity index (χ0n) is 15.7. The van der Waals surface area contributed by atoms with Crippen molar-refractivity contribution in [3.63, 3.8) is 0 Å². The normalized spacial score (nSPS) is 30.3. The van der Waals surface area contributed by atoms with Crippen LogP contribution < -0.4 is 4.72 Å². The fourth-order valence-corrected chi connectivity index (χ4v) is 5.26. The lowest BCUT2D eigenvalue weighted by molar-refractivity contribution is -0.888. The second-order valence-corrected chi connectivity index (χ2v) is 9.08. The maximum absolute atomic E-state index is 13.3. The van der Waals surface area contributed by atoms with E-state index >= 15 is 0 Å². The average Bonchev–Trinajstić information content (AvgIpc) is 3.41. The standard InChI is InChI=1S/C22H27ClN2OS/c1-27-24-19-5-4-12-25(26,15-19)14-17-13-22(17)21-7-3-2-6-20(21)16-8-10-18(23)11-9-16/h2-3,6-11,17,19,22,24H,4-5,12-15H2,1H3. The highest BCUT2D eigenvalue weighted by Crippen LogP contribution is 2.51. The molecule has 3 nitrogen and oxygen atoms in total. The van der Waals surface area contributed by atoms with Crippen LogP contribution in [0.5, 0.6) is 0 Å². The molecule has 5 heteroatoms. The van der Waals surface area contributed by atoms with Crippen molar-refractivity contribution in [3.05, 3.63) is 64.3 Å². The summed E-state index contributed by atoms with van der Waals surface area (Å²) in [4.78, 5) is 0. The number of halogens is 1.